The normalized spacial score (nSPS) is 19.1. The van der Waals surface area contributed by atoms with Gasteiger partial charge in [-0.2, -0.15) is 0 Å². The highest BCUT2D eigenvalue weighted by atomic mass is 16.4. The fraction of sp³-hybridized carbons (Fsp3) is 0.423. The van der Waals surface area contributed by atoms with Crippen molar-refractivity contribution in [3.63, 3.8) is 0 Å². The highest BCUT2D eigenvalue weighted by Gasteiger charge is 2.38. The van der Waals surface area contributed by atoms with E-state index in [4.69, 9.17) is 0 Å². The SMILES string of the molecule is Cc1cc2c(cc1C(=C1CC1)c1ccc(C(=O)O)cc1)C(C)(C)CCC2(C)C. The molecule has 146 valence electrons. The number of allylic oxidation sites excluding steroid dienone is 1. The molecule has 2 aromatic carbocycles. The average molecular weight is 375 g/mol. The summed E-state index contributed by atoms with van der Waals surface area (Å²) in [5.74, 6) is -0.874. The van der Waals surface area contributed by atoms with Crippen LogP contribution in [0.3, 0.4) is 0 Å². The van der Waals surface area contributed by atoms with Crippen LogP contribution in [-0.2, 0) is 10.8 Å². The van der Waals surface area contributed by atoms with Crippen LogP contribution < -0.4 is 0 Å². The number of benzene rings is 2. The van der Waals surface area contributed by atoms with Crippen LogP contribution in [0, 0.1) is 6.92 Å². The Labute approximate surface area is 168 Å². The van der Waals surface area contributed by atoms with Crippen molar-refractivity contribution in [1.29, 1.82) is 0 Å². The summed E-state index contributed by atoms with van der Waals surface area (Å²) in [6.45, 7) is 11.7. The summed E-state index contributed by atoms with van der Waals surface area (Å²) in [4.78, 5) is 11.2. The molecule has 0 heterocycles. The molecular formula is C26H30O2. The number of hydrogen-bond donors (Lipinski definition) is 1. The Balaban J connectivity index is 1.88. The smallest absolute Gasteiger partial charge is 0.335 e. The Morgan fingerprint density at radius 1 is 0.857 bits per heavy atom. The van der Waals surface area contributed by atoms with E-state index in [-0.39, 0.29) is 10.8 Å². The van der Waals surface area contributed by atoms with Gasteiger partial charge >= 0.3 is 5.97 Å². The van der Waals surface area contributed by atoms with Crippen LogP contribution in [0.5, 0.6) is 0 Å². The van der Waals surface area contributed by atoms with E-state index in [0.29, 0.717) is 5.56 Å². The predicted octanol–water partition coefficient (Wildman–Crippen LogP) is 6.64. The molecule has 2 nitrogen and oxygen atoms in total. The topological polar surface area (TPSA) is 37.3 Å². The summed E-state index contributed by atoms with van der Waals surface area (Å²) in [6, 6.07) is 12.2. The maximum Gasteiger partial charge on any atom is 0.335 e. The molecule has 0 unspecified atom stereocenters. The molecule has 1 fully saturated rings. The van der Waals surface area contributed by atoms with Gasteiger partial charge in [-0.05, 0) is 89.0 Å². The number of aromatic carboxylic acids is 1. The van der Waals surface area contributed by atoms with E-state index < -0.39 is 5.97 Å². The van der Waals surface area contributed by atoms with Crippen LogP contribution >= 0.6 is 0 Å². The predicted molar refractivity (Wildman–Crippen MR) is 115 cm³/mol. The molecule has 4 rings (SSSR count). The van der Waals surface area contributed by atoms with Gasteiger partial charge in [-0.1, -0.05) is 57.5 Å². The van der Waals surface area contributed by atoms with E-state index >= 15 is 0 Å². The third-order valence-electron chi connectivity index (χ3n) is 6.74. The Morgan fingerprint density at radius 2 is 1.36 bits per heavy atom. The Kier molecular flexibility index (Phi) is 4.30. The van der Waals surface area contributed by atoms with Crippen molar-refractivity contribution in [2.45, 2.75) is 71.1 Å². The summed E-state index contributed by atoms with van der Waals surface area (Å²) in [7, 11) is 0. The molecule has 0 spiro atoms. The molecule has 2 aliphatic carbocycles. The van der Waals surface area contributed by atoms with Crippen LogP contribution in [0.2, 0.25) is 0 Å². The lowest BCUT2D eigenvalue weighted by Gasteiger charge is -2.42. The van der Waals surface area contributed by atoms with Gasteiger partial charge in [0.15, 0.2) is 0 Å². The van der Waals surface area contributed by atoms with E-state index in [1.54, 1.807) is 12.1 Å². The molecule has 0 atom stereocenters. The fourth-order valence-corrected chi connectivity index (χ4v) is 4.63. The van der Waals surface area contributed by atoms with Gasteiger partial charge in [0.05, 0.1) is 5.56 Å². The molecule has 0 amide bonds. The average Bonchev–Trinajstić information content (AvgIpc) is 3.46. The zero-order valence-electron chi connectivity index (χ0n) is 17.6. The lowest BCUT2D eigenvalue weighted by Crippen LogP contribution is -2.34. The molecule has 1 N–H and O–H groups in total. The van der Waals surface area contributed by atoms with Gasteiger partial charge in [0, 0.05) is 0 Å². The first-order valence-electron chi connectivity index (χ1n) is 10.3. The molecule has 2 aliphatic rings. The molecular weight excluding hydrogens is 344 g/mol. The Bertz CT molecular complexity index is 982. The van der Waals surface area contributed by atoms with Crippen LogP contribution in [0.1, 0.15) is 91.6 Å². The number of hydrogen-bond acceptors (Lipinski definition) is 1. The van der Waals surface area contributed by atoms with Crippen molar-refractivity contribution < 1.29 is 9.90 Å². The number of carbonyl (C=O) groups is 1. The van der Waals surface area contributed by atoms with Gasteiger partial charge in [-0.3, -0.25) is 0 Å². The van der Waals surface area contributed by atoms with Crippen molar-refractivity contribution >= 4 is 11.5 Å². The van der Waals surface area contributed by atoms with Gasteiger partial charge in [-0.15, -0.1) is 0 Å². The van der Waals surface area contributed by atoms with E-state index in [0.717, 1.165) is 18.4 Å². The van der Waals surface area contributed by atoms with Crippen molar-refractivity contribution in [2.24, 2.45) is 0 Å². The lowest BCUT2D eigenvalue weighted by molar-refractivity contribution is 0.0697. The van der Waals surface area contributed by atoms with Crippen molar-refractivity contribution in [3.05, 3.63) is 75.4 Å². The molecule has 0 aromatic heterocycles. The van der Waals surface area contributed by atoms with Crippen LogP contribution in [-0.4, -0.2) is 11.1 Å². The number of fused-ring (bicyclic) bond motifs is 1. The molecule has 0 radical (unpaired) electrons. The van der Waals surface area contributed by atoms with Gasteiger partial charge in [-0.25, -0.2) is 4.79 Å². The largest absolute Gasteiger partial charge is 0.478 e. The van der Waals surface area contributed by atoms with E-state index in [2.05, 4.69) is 46.8 Å². The second-order valence-electron chi connectivity index (χ2n) is 9.84. The second kappa shape index (κ2) is 6.34. The van der Waals surface area contributed by atoms with Crippen molar-refractivity contribution in [2.75, 3.05) is 0 Å². The van der Waals surface area contributed by atoms with Crippen LogP contribution in [0.25, 0.3) is 5.57 Å². The maximum absolute atomic E-state index is 11.2. The third kappa shape index (κ3) is 3.19. The minimum absolute atomic E-state index is 0.180. The van der Waals surface area contributed by atoms with Crippen molar-refractivity contribution in [1.82, 2.24) is 0 Å². The number of carboxylic acids is 1. The van der Waals surface area contributed by atoms with Crippen LogP contribution in [0.15, 0.2) is 42.0 Å². The quantitative estimate of drug-likeness (QED) is 0.654. The summed E-state index contributed by atoms with van der Waals surface area (Å²) in [5.41, 5.74) is 10.3. The highest BCUT2D eigenvalue weighted by molar-refractivity contribution is 5.90. The first-order valence-corrected chi connectivity index (χ1v) is 10.3. The minimum atomic E-state index is -0.874. The van der Waals surface area contributed by atoms with Gasteiger partial charge in [0.25, 0.3) is 0 Å². The second-order valence-corrected chi connectivity index (χ2v) is 9.84. The number of aryl methyl sites for hydroxylation is 1. The van der Waals surface area contributed by atoms with Gasteiger partial charge < -0.3 is 5.11 Å². The minimum Gasteiger partial charge on any atom is -0.478 e. The van der Waals surface area contributed by atoms with Crippen LogP contribution in [0.4, 0.5) is 0 Å². The zero-order valence-corrected chi connectivity index (χ0v) is 17.6. The fourth-order valence-electron chi connectivity index (χ4n) is 4.63. The molecule has 2 aromatic rings. The Hall–Kier alpha value is -2.35. The third-order valence-corrected chi connectivity index (χ3v) is 6.74. The highest BCUT2D eigenvalue weighted by Crippen LogP contribution is 2.49. The summed E-state index contributed by atoms with van der Waals surface area (Å²) >= 11 is 0. The molecule has 0 saturated heterocycles. The Morgan fingerprint density at radius 3 is 1.86 bits per heavy atom. The number of carboxylic acid groups (broad SMARTS) is 1. The van der Waals surface area contributed by atoms with E-state index in [1.807, 2.05) is 12.1 Å². The summed E-state index contributed by atoms with van der Waals surface area (Å²) in [5, 5.41) is 9.22. The molecule has 0 bridgehead atoms. The lowest BCUT2D eigenvalue weighted by atomic mass is 9.62. The summed E-state index contributed by atoms with van der Waals surface area (Å²) in [6.07, 6.45) is 4.70. The monoisotopic (exact) mass is 374 g/mol. The summed E-state index contributed by atoms with van der Waals surface area (Å²) < 4.78 is 0. The van der Waals surface area contributed by atoms with E-state index in [1.165, 1.54) is 46.2 Å². The first kappa shape index (κ1) is 19.0. The standard InChI is InChI=1S/C26H30O2/c1-16-14-21-22(26(4,5)13-12-25(21,2)3)15-20(16)23(17-6-7-17)18-8-10-19(11-9-18)24(27)28/h8-11,14-15H,6-7,12-13H2,1-5H3,(H,27,28). The number of rotatable bonds is 3. The first-order chi connectivity index (χ1) is 13.1. The van der Waals surface area contributed by atoms with Gasteiger partial charge in [0.1, 0.15) is 0 Å². The van der Waals surface area contributed by atoms with E-state index in [9.17, 15) is 9.90 Å². The molecule has 28 heavy (non-hydrogen) atoms. The molecule has 0 aliphatic heterocycles. The molecule has 1 saturated carbocycles. The van der Waals surface area contributed by atoms with Gasteiger partial charge in [0.2, 0.25) is 0 Å². The van der Waals surface area contributed by atoms with Crippen molar-refractivity contribution in [3.8, 4) is 0 Å². The molecule has 2 heteroatoms. The maximum atomic E-state index is 11.2. The zero-order chi connectivity index (χ0) is 20.3.